The average Bonchev–Trinajstić information content (AvgIpc) is 2.93. The maximum Gasteiger partial charge on any atom is 0.137 e. The summed E-state index contributed by atoms with van der Waals surface area (Å²) in [5.41, 5.74) is 5.72. The van der Waals surface area contributed by atoms with E-state index in [1.165, 1.54) is 17.0 Å². The van der Waals surface area contributed by atoms with Crippen LogP contribution >= 0.6 is 0 Å². The Labute approximate surface area is 118 Å². The zero-order valence-electron chi connectivity index (χ0n) is 12.1. The Kier molecular flexibility index (Phi) is 3.28. The summed E-state index contributed by atoms with van der Waals surface area (Å²) < 4.78 is 4.04. The number of pyridine rings is 1. The Morgan fingerprint density at radius 3 is 2.80 bits per heavy atom. The molecule has 0 radical (unpaired) electrons. The molecule has 5 nitrogen and oxygen atoms in total. The van der Waals surface area contributed by atoms with Crippen LogP contribution in [-0.2, 0) is 20.1 Å². The summed E-state index contributed by atoms with van der Waals surface area (Å²) in [5.74, 6) is 0. The van der Waals surface area contributed by atoms with E-state index in [0.29, 0.717) is 0 Å². The molecule has 0 saturated heterocycles. The summed E-state index contributed by atoms with van der Waals surface area (Å²) in [6, 6.07) is 6.07. The van der Waals surface area contributed by atoms with E-state index in [0.717, 1.165) is 24.4 Å². The first kappa shape index (κ1) is 12.9. The normalized spacial score (nSPS) is 11.3. The number of nitrogens with zero attached hydrogens (tertiary/aromatic N) is 4. The van der Waals surface area contributed by atoms with E-state index in [4.69, 9.17) is 0 Å². The molecule has 3 aromatic heterocycles. The molecule has 0 aliphatic carbocycles. The Bertz CT molecular complexity index is 738. The van der Waals surface area contributed by atoms with Crippen molar-refractivity contribution in [2.75, 3.05) is 0 Å². The molecule has 0 spiro atoms. The summed E-state index contributed by atoms with van der Waals surface area (Å²) >= 11 is 0. The lowest BCUT2D eigenvalue weighted by molar-refractivity contribution is 0.666. The summed E-state index contributed by atoms with van der Waals surface area (Å²) in [4.78, 5) is 4.57. The molecule has 0 aliphatic rings. The van der Waals surface area contributed by atoms with Crippen molar-refractivity contribution in [1.82, 2.24) is 24.5 Å². The highest BCUT2D eigenvalue weighted by Crippen LogP contribution is 2.12. The van der Waals surface area contributed by atoms with E-state index < -0.39 is 0 Å². The summed E-state index contributed by atoms with van der Waals surface area (Å²) in [5, 5.41) is 7.74. The Hall–Kier alpha value is -2.14. The van der Waals surface area contributed by atoms with E-state index >= 15 is 0 Å². The lowest BCUT2D eigenvalue weighted by Gasteiger charge is -2.06. The van der Waals surface area contributed by atoms with Crippen molar-refractivity contribution in [3.05, 3.63) is 53.2 Å². The van der Waals surface area contributed by atoms with Gasteiger partial charge in [-0.25, -0.2) is 4.98 Å². The molecule has 104 valence electrons. The second-order valence-corrected chi connectivity index (χ2v) is 5.06. The van der Waals surface area contributed by atoms with Gasteiger partial charge in [0.25, 0.3) is 0 Å². The topological polar surface area (TPSA) is 47.1 Å². The van der Waals surface area contributed by atoms with Crippen LogP contribution in [0.3, 0.4) is 0 Å². The molecule has 0 aromatic carbocycles. The number of hydrogen-bond acceptors (Lipinski definition) is 3. The minimum Gasteiger partial charge on any atom is -0.307 e. The van der Waals surface area contributed by atoms with Gasteiger partial charge in [0.15, 0.2) is 0 Å². The van der Waals surface area contributed by atoms with Crippen molar-refractivity contribution >= 4 is 5.65 Å². The van der Waals surface area contributed by atoms with Gasteiger partial charge in [-0.1, -0.05) is 6.07 Å². The number of nitrogens with one attached hydrogen (secondary N) is 1. The van der Waals surface area contributed by atoms with Crippen LogP contribution in [0.2, 0.25) is 0 Å². The van der Waals surface area contributed by atoms with E-state index in [1.807, 2.05) is 36.1 Å². The zero-order valence-corrected chi connectivity index (χ0v) is 12.1. The van der Waals surface area contributed by atoms with E-state index in [9.17, 15) is 0 Å². The Morgan fingerprint density at radius 2 is 2.05 bits per heavy atom. The van der Waals surface area contributed by atoms with Crippen molar-refractivity contribution < 1.29 is 0 Å². The number of rotatable bonds is 4. The maximum atomic E-state index is 4.57. The second kappa shape index (κ2) is 5.09. The lowest BCUT2D eigenvalue weighted by Crippen LogP contribution is -2.15. The minimum atomic E-state index is 0.797. The maximum absolute atomic E-state index is 4.57. The molecule has 3 heterocycles. The number of imidazole rings is 1. The second-order valence-electron chi connectivity index (χ2n) is 5.06. The average molecular weight is 269 g/mol. The fourth-order valence-electron chi connectivity index (χ4n) is 2.41. The quantitative estimate of drug-likeness (QED) is 0.788. The standard InChI is InChI=1S/C15H19N5/c1-11-14(20-7-5-4-6-15(20)18-11)10-16-8-13-9-17-19(3)12(13)2/h4-7,9,16H,8,10H2,1-3H3. The fraction of sp³-hybridized carbons (Fsp3) is 0.333. The van der Waals surface area contributed by atoms with Crippen LogP contribution in [0.1, 0.15) is 22.6 Å². The molecule has 3 rings (SSSR count). The fourth-order valence-corrected chi connectivity index (χ4v) is 2.41. The van der Waals surface area contributed by atoms with Crippen molar-refractivity contribution in [2.45, 2.75) is 26.9 Å². The molecule has 0 fully saturated rings. The molecular formula is C15H19N5. The van der Waals surface area contributed by atoms with Crippen LogP contribution < -0.4 is 5.32 Å². The van der Waals surface area contributed by atoms with Gasteiger partial charge in [-0.2, -0.15) is 5.10 Å². The molecule has 0 unspecified atom stereocenters. The van der Waals surface area contributed by atoms with Gasteiger partial charge in [0, 0.05) is 37.6 Å². The SMILES string of the molecule is Cc1nc2ccccn2c1CNCc1cnn(C)c1C. The third kappa shape index (κ3) is 2.20. The van der Waals surface area contributed by atoms with Gasteiger partial charge in [-0.15, -0.1) is 0 Å². The molecule has 0 amide bonds. The number of aromatic nitrogens is 4. The molecule has 1 N–H and O–H groups in total. The van der Waals surface area contributed by atoms with Gasteiger partial charge >= 0.3 is 0 Å². The predicted octanol–water partition coefficient (Wildman–Crippen LogP) is 1.97. The minimum absolute atomic E-state index is 0.797. The summed E-state index contributed by atoms with van der Waals surface area (Å²) in [6.07, 6.45) is 3.98. The van der Waals surface area contributed by atoms with Crippen LogP contribution in [0, 0.1) is 13.8 Å². The molecule has 5 heteroatoms. The predicted molar refractivity (Wildman–Crippen MR) is 78.4 cm³/mol. The first-order chi connectivity index (χ1) is 9.66. The lowest BCUT2D eigenvalue weighted by atomic mass is 10.2. The van der Waals surface area contributed by atoms with Crippen LogP contribution in [0.25, 0.3) is 5.65 Å². The van der Waals surface area contributed by atoms with Gasteiger partial charge in [0.2, 0.25) is 0 Å². The highest BCUT2D eigenvalue weighted by molar-refractivity contribution is 5.42. The van der Waals surface area contributed by atoms with Crippen LogP contribution in [0.15, 0.2) is 30.6 Å². The van der Waals surface area contributed by atoms with E-state index in [-0.39, 0.29) is 0 Å². The largest absolute Gasteiger partial charge is 0.307 e. The van der Waals surface area contributed by atoms with Crippen LogP contribution in [-0.4, -0.2) is 19.2 Å². The van der Waals surface area contributed by atoms with E-state index in [1.54, 1.807) is 0 Å². The van der Waals surface area contributed by atoms with Crippen molar-refractivity contribution in [2.24, 2.45) is 7.05 Å². The molecule has 20 heavy (non-hydrogen) atoms. The van der Waals surface area contributed by atoms with E-state index in [2.05, 4.69) is 39.8 Å². The number of hydrogen-bond donors (Lipinski definition) is 1. The Morgan fingerprint density at radius 1 is 1.20 bits per heavy atom. The highest BCUT2D eigenvalue weighted by Gasteiger charge is 2.08. The zero-order chi connectivity index (χ0) is 14.1. The number of fused-ring (bicyclic) bond motifs is 1. The van der Waals surface area contributed by atoms with Crippen LogP contribution in [0.5, 0.6) is 0 Å². The Balaban J connectivity index is 1.74. The van der Waals surface area contributed by atoms with Gasteiger partial charge < -0.3 is 9.72 Å². The third-order valence-corrected chi connectivity index (χ3v) is 3.77. The van der Waals surface area contributed by atoms with Gasteiger partial charge in [0.05, 0.1) is 17.6 Å². The van der Waals surface area contributed by atoms with Crippen LogP contribution in [0.4, 0.5) is 0 Å². The molecular weight excluding hydrogens is 250 g/mol. The first-order valence-electron chi connectivity index (χ1n) is 6.77. The molecule has 0 atom stereocenters. The molecule has 0 saturated carbocycles. The first-order valence-corrected chi connectivity index (χ1v) is 6.77. The summed E-state index contributed by atoms with van der Waals surface area (Å²) in [6.45, 7) is 5.76. The van der Waals surface area contributed by atoms with Crippen molar-refractivity contribution in [3.63, 3.8) is 0 Å². The molecule has 3 aromatic rings. The highest BCUT2D eigenvalue weighted by atomic mass is 15.3. The third-order valence-electron chi connectivity index (χ3n) is 3.77. The molecule has 0 aliphatic heterocycles. The van der Waals surface area contributed by atoms with Crippen molar-refractivity contribution in [3.8, 4) is 0 Å². The monoisotopic (exact) mass is 269 g/mol. The smallest absolute Gasteiger partial charge is 0.137 e. The molecule has 0 bridgehead atoms. The van der Waals surface area contributed by atoms with Gasteiger partial charge in [-0.05, 0) is 26.0 Å². The number of aryl methyl sites for hydroxylation is 2. The summed E-state index contributed by atoms with van der Waals surface area (Å²) in [7, 11) is 1.97. The van der Waals surface area contributed by atoms with Crippen molar-refractivity contribution in [1.29, 1.82) is 0 Å². The van der Waals surface area contributed by atoms with Gasteiger partial charge in [-0.3, -0.25) is 4.68 Å². The van der Waals surface area contributed by atoms with Gasteiger partial charge in [0.1, 0.15) is 5.65 Å².